The van der Waals surface area contributed by atoms with Crippen LogP contribution in [-0.4, -0.2) is 85.4 Å². The number of benzene rings is 2. The molecule has 39 heavy (non-hydrogen) atoms. The molecule has 2 aromatic carbocycles. The molecule has 1 atom stereocenters. The van der Waals surface area contributed by atoms with Gasteiger partial charge in [0.25, 0.3) is 0 Å². The second kappa shape index (κ2) is 14.2. The Morgan fingerprint density at radius 2 is 1.90 bits per heavy atom. The zero-order valence-electron chi connectivity index (χ0n) is 22.7. The highest BCUT2D eigenvalue weighted by atomic mass is 32.2. The van der Waals surface area contributed by atoms with Crippen molar-refractivity contribution in [3.8, 4) is 11.5 Å². The van der Waals surface area contributed by atoms with E-state index in [1.54, 1.807) is 19.2 Å². The van der Waals surface area contributed by atoms with Crippen molar-refractivity contribution in [1.29, 1.82) is 0 Å². The minimum absolute atomic E-state index is 0.0579. The lowest BCUT2D eigenvalue weighted by Crippen LogP contribution is -2.38. The van der Waals surface area contributed by atoms with Crippen LogP contribution in [0.4, 0.5) is 15.3 Å². The third kappa shape index (κ3) is 7.87. The van der Waals surface area contributed by atoms with E-state index in [0.717, 1.165) is 36.3 Å². The van der Waals surface area contributed by atoms with Gasteiger partial charge in [0.2, 0.25) is 0 Å². The van der Waals surface area contributed by atoms with Crippen LogP contribution < -0.4 is 14.8 Å². The summed E-state index contributed by atoms with van der Waals surface area (Å²) in [6, 6.07) is 13.0. The fraction of sp³-hybridized carbons (Fsp3) is 0.464. The van der Waals surface area contributed by atoms with Crippen molar-refractivity contribution in [3.63, 3.8) is 0 Å². The summed E-state index contributed by atoms with van der Waals surface area (Å²) in [6.07, 6.45) is 0.270. The smallest absolute Gasteiger partial charge is 0.411 e. The van der Waals surface area contributed by atoms with Crippen LogP contribution in [0.1, 0.15) is 31.4 Å². The van der Waals surface area contributed by atoms with Gasteiger partial charge in [-0.3, -0.25) is 15.0 Å². The fourth-order valence-electron chi connectivity index (χ4n) is 4.31. The number of carbonyl (C=O) groups is 2. The topological polar surface area (TPSA) is 102 Å². The van der Waals surface area contributed by atoms with E-state index in [0.29, 0.717) is 56.7 Å². The fourth-order valence-corrected chi connectivity index (χ4v) is 5.24. The van der Waals surface area contributed by atoms with E-state index in [-0.39, 0.29) is 10.5 Å². The predicted molar refractivity (Wildman–Crippen MR) is 152 cm³/mol. The van der Waals surface area contributed by atoms with Crippen molar-refractivity contribution >= 4 is 34.5 Å². The highest BCUT2D eigenvalue weighted by Crippen LogP contribution is 2.34. The van der Waals surface area contributed by atoms with Gasteiger partial charge in [-0.05, 0) is 49.2 Å². The van der Waals surface area contributed by atoms with Gasteiger partial charge in [-0.15, -0.1) is 0 Å². The van der Waals surface area contributed by atoms with Gasteiger partial charge >= 0.3 is 11.3 Å². The molecule has 2 aliphatic rings. The maximum absolute atomic E-state index is 12.9. The standard InChI is InChI=1S/C28H36N4O6S/c1-4-25-26(21-8-11-23(35-3)24(18-21)37-5-2)30-32(28(34)39-25)19-20-6-9-22(10-7-20)29-27(33)38-17-14-31-12-15-36-16-13-31/h6-11,18,25H,4-5,12-17,19H2,1-3H3,(H,29,33). The molecule has 1 unspecified atom stereocenters. The Morgan fingerprint density at radius 1 is 1.13 bits per heavy atom. The molecular formula is C28H36N4O6S. The molecule has 1 N–H and O–H groups in total. The van der Waals surface area contributed by atoms with E-state index >= 15 is 0 Å². The quantitative estimate of drug-likeness (QED) is 0.420. The van der Waals surface area contributed by atoms with Gasteiger partial charge in [0.15, 0.2) is 11.5 Å². The molecule has 4 rings (SSSR count). The Balaban J connectivity index is 1.38. The summed E-state index contributed by atoms with van der Waals surface area (Å²) in [6.45, 7) is 8.91. The van der Waals surface area contributed by atoms with Gasteiger partial charge in [-0.1, -0.05) is 30.8 Å². The van der Waals surface area contributed by atoms with E-state index in [1.165, 1.54) is 16.8 Å². The Morgan fingerprint density at radius 3 is 2.59 bits per heavy atom. The molecule has 11 heteroatoms. The molecule has 0 aliphatic carbocycles. The normalized spacial score (nSPS) is 17.9. The van der Waals surface area contributed by atoms with Crippen LogP contribution in [-0.2, 0) is 16.0 Å². The van der Waals surface area contributed by atoms with Crippen molar-refractivity contribution < 1.29 is 28.5 Å². The number of hydrazone groups is 1. The van der Waals surface area contributed by atoms with Gasteiger partial charge in [-0.25, -0.2) is 9.80 Å². The highest BCUT2D eigenvalue weighted by molar-refractivity contribution is 8.14. The number of methoxy groups -OCH3 is 1. The summed E-state index contributed by atoms with van der Waals surface area (Å²) in [5.41, 5.74) is 3.22. The lowest BCUT2D eigenvalue weighted by atomic mass is 10.0. The average Bonchev–Trinajstić information content (AvgIpc) is 2.95. The second-order valence-corrected chi connectivity index (χ2v) is 10.2. The van der Waals surface area contributed by atoms with E-state index in [2.05, 4.69) is 10.2 Å². The Labute approximate surface area is 233 Å². The van der Waals surface area contributed by atoms with Crippen LogP contribution in [0.2, 0.25) is 0 Å². The first-order chi connectivity index (χ1) is 19.0. The lowest BCUT2D eigenvalue weighted by molar-refractivity contribution is 0.0290. The van der Waals surface area contributed by atoms with Crippen LogP contribution in [0.15, 0.2) is 47.6 Å². The third-order valence-corrected chi connectivity index (χ3v) is 7.65. The van der Waals surface area contributed by atoms with Crippen LogP contribution in [0.5, 0.6) is 11.5 Å². The number of amides is 2. The number of nitrogens with one attached hydrogen (secondary N) is 1. The molecule has 2 aromatic rings. The molecule has 1 saturated heterocycles. The van der Waals surface area contributed by atoms with Gasteiger partial charge in [0.1, 0.15) is 6.61 Å². The molecule has 0 spiro atoms. The Hall–Kier alpha value is -3.28. The molecule has 0 saturated carbocycles. The van der Waals surface area contributed by atoms with Gasteiger partial charge in [0.05, 0.1) is 44.4 Å². The first-order valence-corrected chi connectivity index (χ1v) is 14.1. The number of ether oxygens (including phenoxy) is 4. The average molecular weight is 557 g/mol. The molecule has 10 nitrogen and oxygen atoms in total. The van der Waals surface area contributed by atoms with Crippen LogP contribution in [0, 0.1) is 0 Å². The van der Waals surface area contributed by atoms with E-state index in [9.17, 15) is 9.59 Å². The molecule has 0 radical (unpaired) electrons. The van der Waals surface area contributed by atoms with E-state index in [4.69, 9.17) is 24.0 Å². The number of rotatable bonds is 11. The Kier molecular flexibility index (Phi) is 10.5. The van der Waals surface area contributed by atoms with Crippen LogP contribution in [0.3, 0.4) is 0 Å². The minimum atomic E-state index is -0.496. The molecule has 210 valence electrons. The number of hydrogen-bond acceptors (Lipinski definition) is 9. The van der Waals surface area contributed by atoms with Crippen molar-refractivity contribution in [2.45, 2.75) is 32.1 Å². The Bertz CT molecular complexity index is 1150. The summed E-state index contributed by atoms with van der Waals surface area (Å²) in [7, 11) is 1.61. The second-order valence-electron chi connectivity index (χ2n) is 9.03. The van der Waals surface area contributed by atoms with Gasteiger partial charge < -0.3 is 18.9 Å². The molecule has 2 amide bonds. The molecule has 0 aromatic heterocycles. The number of hydrogen-bond donors (Lipinski definition) is 1. The van der Waals surface area contributed by atoms with Crippen molar-refractivity contribution in [2.75, 3.05) is 58.5 Å². The zero-order valence-corrected chi connectivity index (χ0v) is 23.5. The lowest BCUT2D eigenvalue weighted by Gasteiger charge is -2.28. The minimum Gasteiger partial charge on any atom is -0.493 e. The number of nitrogens with zero attached hydrogens (tertiary/aromatic N) is 3. The van der Waals surface area contributed by atoms with Gasteiger partial charge in [0, 0.05) is 30.9 Å². The third-order valence-electron chi connectivity index (χ3n) is 6.39. The molecule has 2 heterocycles. The first kappa shape index (κ1) is 28.7. The number of morpholine rings is 1. The van der Waals surface area contributed by atoms with Crippen molar-refractivity contribution in [1.82, 2.24) is 9.91 Å². The molecule has 0 bridgehead atoms. The maximum Gasteiger partial charge on any atom is 0.411 e. The number of anilines is 1. The molecular weight excluding hydrogens is 520 g/mol. The summed E-state index contributed by atoms with van der Waals surface area (Å²) < 4.78 is 21.8. The van der Waals surface area contributed by atoms with Gasteiger partial charge in [-0.2, -0.15) is 5.10 Å². The number of thioether (sulfide) groups is 1. The first-order valence-electron chi connectivity index (χ1n) is 13.2. The van der Waals surface area contributed by atoms with E-state index < -0.39 is 6.09 Å². The maximum atomic E-state index is 12.9. The number of carbonyl (C=O) groups excluding carboxylic acids is 2. The van der Waals surface area contributed by atoms with Crippen LogP contribution >= 0.6 is 11.8 Å². The molecule has 1 fully saturated rings. The SMILES string of the molecule is CCOc1cc(C2=NN(Cc3ccc(NC(=O)OCCN4CCOCC4)cc3)C(=O)SC2CC)ccc1OC. The molecule has 2 aliphatic heterocycles. The summed E-state index contributed by atoms with van der Waals surface area (Å²) >= 11 is 1.28. The van der Waals surface area contributed by atoms with Crippen LogP contribution in [0.25, 0.3) is 0 Å². The van der Waals surface area contributed by atoms with Crippen molar-refractivity contribution in [3.05, 3.63) is 53.6 Å². The summed E-state index contributed by atoms with van der Waals surface area (Å²) in [5.74, 6) is 1.30. The highest BCUT2D eigenvalue weighted by Gasteiger charge is 2.30. The zero-order chi connectivity index (χ0) is 27.6. The summed E-state index contributed by atoms with van der Waals surface area (Å²) in [4.78, 5) is 27.3. The van der Waals surface area contributed by atoms with E-state index in [1.807, 2.05) is 44.2 Å². The van der Waals surface area contributed by atoms with Crippen molar-refractivity contribution in [2.24, 2.45) is 5.10 Å². The predicted octanol–water partition coefficient (Wildman–Crippen LogP) is 4.83. The largest absolute Gasteiger partial charge is 0.493 e. The monoisotopic (exact) mass is 556 g/mol. The summed E-state index contributed by atoms with van der Waals surface area (Å²) in [5, 5.41) is 8.84.